The lowest BCUT2D eigenvalue weighted by molar-refractivity contribution is -0.219. The van der Waals surface area contributed by atoms with Gasteiger partial charge in [0.2, 0.25) is 0 Å². The summed E-state index contributed by atoms with van der Waals surface area (Å²) in [6.07, 6.45) is 13.3. The SMILES string of the molecule is CCCOC12CC3C[C@H](C1)C(OC(=O)OC1[C@@H]4CC5C[C@H]1CC(OCCC)(C5)C4)[C@@H](C3)C2. The van der Waals surface area contributed by atoms with E-state index in [1.807, 2.05) is 0 Å². The van der Waals surface area contributed by atoms with Gasteiger partial charge in [-0.05, 0) is 113 Å². The molecule has 8 aliphatic rings. The van der Waals surface area contributed by atoms with E-state index in [2.05, 4.69) is 13.8 Å². The second kappa shape index (κ2) is 8.15. The van der Waals surface area contributed by atoms with Gasteiger partial charge in [-0.1, -0.05) is 13.8 Å². The van der Waals surface area contributed by atoms with Crippen LogP contribution in [0.5, 0.6) is 0 Å². The largest absolute Gasteiger partial charge is 0.508 e. The van der Waals surface area contributed by atoms with Crippen molar-refractivity contribution < 1.29 is 23.7 Å². The third-order valence-electron chi connectivity index (χ3n) is 9.95. The highest BCUT2D eigenvalue weighted by Gasteiger charge is 2.59. The van der Waals surface area contributed by atoms with E-state index >= 15 is 0 Å². The van der Waals surface area contributed by atoms with Crippen LogP contribution in [0.15, 0.2) is 0 Å². The molecule has 0 aliphatic heterocycles. The number of hydrogen-bond acceptors (Lipinski definition) is 5. The average Bonchev–Trinajstić information content (AvgIpc) is 2.75. The highest BCUT2D eigenvalue weighted by molar-refractivity contribution is 5.60. The van der Waals surface area contributed by atoms with Gasteiger partial charge in [0, 0.05) is 13.2 Å². The molecule has 32 heavy (non-hydrogen) atoms. The highest BCUT2D eigenvalue weighted by atomic mass is 16.7. The van der Waals surface area contributed by atoms with Crippen molar-refractivity contribution in [3.05, 3.63) is 0 Å². The van der Waals surface area contributed by atoms with Crippen LogP contribution in [0.25, 0.3) is 0 Å². The standard InChI is InChI=1S/C27H42O5/c1-3-5-29-26-11-17-7-19(13-26)23(20(8-17)14-26)31-25(28)32-24-21-9-18-10-22(24)16-27(12-18,15-21)30-6-4-2/h17-24H,3-16H2,1-2H3/t17?,18?,19-,20+,21-,22+,23?,24?,26?,27?. The van der Waals surface area contributed by atoms with E-state index in [0.29, 0.717) is 23.7 Å². The van der Waals surface area contributed by atoms with Gasteiger partial charge in [-0.2, -0.15) is 0 Å². The number of carbonyl (C=O) groups is 1. The van der Waals surface area contributed by atoms with Crippen LogP contribution in [0, 0.1) is 35.5 Å². The summed E-state index contributed by atoms with van der Waals surface area (Å²) in [6, 6.07) is 0. The van der Waals surface area contributed by atoms with Gasteiger partial charge in [-0.25, -0.2) is 4.79 Å². The summed E-state index contributed by atoms with van der Waals surface area (Å²) in [4.78, 5) is 13.0. The summed E-state index contributed by atoms with van der Waals surface area (Å²) in [5.41, 5.74) is 0.120. The van der Waals surface area contributed by atoms with Crippen LogP contribution in [-0.2, 0) is 18.9 Å². The molecule has 0 amide bonds. The fraction of sp³-hybridized carbons (Fsp3) is 0.963. The predicted molar refractivity (Wildman–Crippen MR) is 120 cm³/mol. The van der Waals surface area contributed by atoms with E-state index < -0.39 is 6.16 Å². The molecule has 5 nitrogen and oxygen atoms in total. The molecule has 8 saturated carbocycles. The Labute approximate surface area is 193 Å². The first kappa shape index (κ1) is 21.7. The van der Waals surface area contributed by atoms with Gasteiger partial charge in [0.1, 0.15) is 12.2 Å². The van der Waals surface area contributed by atoms with E-state index in [1.165, 1.54) is 38.5 Å². The lowest BCUT2D eigenvalue weighted by atomic mass is 9.53. The van der Waals surface area contributed by atoms with Gasteiger partial charge in [-0.15, -0.1) is 0 Å². The molecule has 8 aliphatic carbocycles. The number of carbonyl (C=O) groups excluding carboxylic acids is 1. The molecule has 180 valence electrons. The normalized spacial score (nSPS) is 50.1. The molecule has 0 aromatic heterocycles. The summed E-state index contributed by atoms with van der Waals surface area (Å²) >= 11 is 0. The van der Waals surface area contributed by atoms with Gasteiger partial charge in [-0.3, -0.25) is 0 Å². The first-order valence-electron chi connectivity index (χ1n) is 13.7. The zero-order chi connectivity index (χ0) is 21.9. The molecule has 8 rings (SSSR count). The molecule has 0 N–H and O–H groups in total. The minimum atomic E-state index is -0.396. The Morgan fingerprint density at radius 2 is 1.03 bits per heavy atom. The maximum atomic E-state index is 13.0. The molecule has 0 aromatic rings. The molecular formula is C27H42O5. The van der Waals surface area contributed by atoms with Crippen LogP contribution in [0.2, 0.25) is 0 Å². The molecule has 8 bridgehead atoms. The van der Waals surface area contributed by atoms with E-state index in [1.54, 1.807) is 0 Å². The Bertz CT molecular complexity index is 631. The van der Waals surface area contributed by atoms with Crippen molar-refractivity contribution in [3.8, 4) is 0 Å². The molecule has 5 heteroatoms. The van der Waals surface area contributed by atoms with Crippen LogP contribution >= 0.6 is 0 Å². The topological polar surface area (TPSA) is 54.0 Å². The maximum absolute atomic E-state index is 13.0. The second-order valence-electron chi connectivity index (χ2n) is 12.4. The van der Waals surface area contributed by atoms with Gasteiger partial charge in [0.25, 0.3) is 0 Å². The fourth-order valence-electron chi connectivity index (χ4n) is 9.43. The van der Waals surface area contributed by atoms with Gasteiger partial charge in [0.15, 0.2) is 0 Å². The van der Waals surface area contributed by atoms with Crippen molar-refractivity contribution in [2.24, 2.45) is 35.5 Å². The first-order chi connectivity index (χ1) is 15.5. The molecule has 6 unspecified atom stereocenters. The van der Waals surface area contributed by atoms with E-state index in [0.717, 1.165) is 63.6 Å². The Hall–Kier alpha value is -0.810. The van der Waals surface area contributed by atoms with Crippen molar-refractivity contribution in [2.75, 3.05) is 13.2 Å². The Balaban J connectivity index is 1.08. The number of ether oxygens (including phenoxy) is 4. The monoisotopic (exact) mass is 446 g/mol. The van der Waals surface area contributed by atoms with E-state index in [9.17, 15) is 4.79 Å². The van der Waals surface area contributed by atoms with Gasteiger partial charge in [0.05, 0.1) is 11.2 Å². The predicted octanol–water partition coefficient (Wildman–Crippen LogP) is 5.89. The minimum Gasteiger partial charge on any atom is -0.430 e. The van der Waals surface area contributed by atoms with Gasteiger partial charge >= 0.3 is 6.16 Å². The molecule has 0 aromatic carbocycles. The lowest BCUT2D eigenvalue weighted by Crippen LogP contribution is -2.60. The zero-order valence-corrected chi connectivity index (χ0v) is 20.1. The second-order valence-corrected chi connectivity index (χ2v) is 12.4. The molecule has 10 atom stereocenters. The van der Waals surface area contributed by atoms with E-state index in [-0.39, 0.29) is 23.4 Å². The summed E-state index contributed by atoms with van der Waals surface area (Å²) < 4.78 is 25.0. The van der Waals surface area contributed by atoms with Crippen molar-refractivity contribution in [2.45, 2.75) is 114 Å². The molecular weight excluding hydrogens is 404 g/mol. The smallest absolute Gasteiger partial charge is 0.430 e. The highest BCUT2D eigenvalue weighted by Crippen LogP contribution is 2.59. The van der Waals surface area contributed by atoms with Gasteiger partial charge < -0.3 is 18.9 Å². The van der Waals surface area contributed by atoms with Crippen molar-refractivity contribution in [1.29, 1.82) is 0 Å². The first-order valence-corrected chi connectivity index (χ1v) is 13.7. The quantitative estimate of drug-likeness (QED) is 0.435. The summed E-state index contributed by atoms with van der Waals surface area (Å²) in [5, 5.41) is 0. The maximum Gasteiger partial charge on any atom is 0.508 e. The van der Waals surface area contributed by atoms with Crippen LogP contribution in [0.1, 0.15) is 90.9 Å². The Morgan fingerprint density at radius 3 is 1.38 bits per heavy atom. The Morgan fingerprint density at radius 1 is 0.656 bits per heavy atom. The fourth-order valence-corrected chi connectivity index (χ4v) is 9.43. The average molecular weight is 447 g/mol. The Kier molecular flexibility index (Phi) is 5.53. The minimum absolute atomic E-state index is 0.0356. The van der Waals surface area contributed by atoms with Crippen LogP contribution < -0.4 is 0 Å². The molecule has 0 saturated heterocycles. The summed E-state index contributed by atoms with van der Waals surface area (Å²) in [7, 11) is 0. The van der Waals surface area contributed by atoms with Crippen LogP contribution in [0.4, 0.5) is 4.79 Å². The van der Waals surface area contributed by atoms with Crippen LogP contribution in [0.3, 0.4) is 0 Å². The molecule has 0 spiro atoms. The van der Waals surface area contributed by atoms with Crippen LogP contribution in [-0.4, -0.2) is 42.8 Å². The zero-order valence-electron chi connectivity index (χ0n) is 20.1. The third kappa shape index (κ3) is 3.70. The molecule has 0 heterocycles. The van der Waals surface area contributed by atoms with Crippen molar-refractivity contribution >= 4 is 6.16 Å². The van der Waals surface area contributed by atoms with Crippen molar-refractivity contribution in [1.82, 2.24) is 0 Å². The lowest BCUT2D eigenvalue weighted by Gasteiger charge is -2.59. The molecule has 0 radical (unpaired) electrons. The number of rotatable bonds is 8. The molecule has 8 fully saturated rings. The third-order valence-corrected chi connectivity index (χ3v) is 9.95. The summed E-state index contributed by atoms with van der Waals surface area (Å²) in [6.45, 7) is 6.08. The van der Waals surface area contributed by atoms with E-state index in [4.69, 9.17) is 18.9 Å². The summed E-state index contributed by atoms with van der Waals surface area (Å²) in [5.74, 6) is 3.32. The number of hydrogen-bond donors (Lipinski definition) is 0. The van der Waals surface area contributed by atoms with Crippen molar-refractivity contribution in [3.63, 3.8) is 0 Å².